The van der Waals surface area contributed by atoms with E-state index in [-0.39, 0.29) is 23.9 Å². The van der Waals surface area contributed by atoms with Crippen molar-refractivity contribution in [3.05, 3.63) is 64.3 Å². The smallest absolute Gasteiger partial charge is 0.269 e. The van der Waals surface area contributed by atoms with Crippen LogP contribution in [-0.4, -0.2) is 32.0 Å². The summed E-state index contributed by atoms with van der Waals surface area (Å²) in [5.74, 6) is -0.268. The first-order valence-electron chi connectivity index (χ1n) is 8.38. The van der Waals surface area contributed by atoms with E-state index in [1.165, 1.54) is 0 Å². The Morgan fingerprint density at radius 1 is 1.07 bits per heavy atom. The second-order valence-electron chi connectivity index (χ2n) is 6.21. The second kappa shape index (κ2) is 7.84. The average Bonchev–Trinajstić information content (AvgIpc) is 2.90. The van der Waals surface area contributed by atoms with E-state index in [1.807, 2.05) is 42.8 Å². The maximum Gasteiger partial charge on any atom is 0.269 e. The number of carbonyl (C=O) groups is 1. The number of halogens is 1. The van der Waals surface area contributed by atoms with Gasteiger partial charge in [-0.2, -0.15) is 0 Å². The summed E-state index contributed by atoms with van der Waals surface area (Å²) >= 11 is 3.49. The van der Waals surface area contributed by atoms with Crippen LogP contribution in [0.1, 0.15) is 16.1 Å². The van der Waals surface area contributed by atoms with Gasteiger partial charge in [-0.05, 0) is 41.1 Å². The van der Waals surface area contributed by atoms with Crippen LogP contribution in [0.4, 0.5) is 0 Å². The molecule has 8 heteroatoms. The highest BCUT2D eigenvalue weighted by Crippen LogP contribution is 2.29. The van der Waals surface area contributed by atoms with Gasteiger partial charge in [0.25, 0.3) is 5.91 Å². The van der Waals surface area contributed by atoms with Crippen molar-refractivity contribution in [3.63, 3.8) is 0 Å². The van der Waals surface area contributed by atoms with E-state index < -0.39 is 10.0 Å². The van der Waals surface area contributed by atoms with E-state index >= 15 is 0 Å². The van der Waals surface area contributed by atoms with Gasteiger partial charge in [-0.1, -0.05) is 35.9 Å². The molecule has 1 amide bonds. The number of rotatable bonds is 6. The molecule has 2 aromatic carbocycles. The van der Waals surface area contributed by atoms with Crippen LogP contribution >= 0.6 is 15.9 Å². The Labute approximate surface area is 166 Å². The number of carbonyl (C=O) groups excluding carboxylic acids is 1. The fourth-order valence-corrected chi connectivity index (χ4v) is 4.66. The van der Waals surface area contributed by atoms with Crippen molar-refractivity contribution in [2.24, 2.45) is 7.05 Å². The predicted molar refractivity (Wildman–Crippen MR) is 109 cm³/mol. The third-order valence-electron chi connectivity index (χ3n) is 4.29. The van der Waals surface area contributed by atoms with Crippen LogP contribution in [0.15, 0.2) is 57.9 Å². The van der Waals surface area contributed by atoms with Crippen molar-refractivity contribution < 1.29 is 13.2 Å². The zero-order valence-corrected chi connectivity index (χ0v) is 17.4. The van der Waals surface area contributed by atoms with Crippen molar-refractivity contribution >= 4 is 42.8 Å². The molecule has 0 fully saturated rings. The van der Waals surface area contributed by atoms with E-state index in [2.05, 4.69) is 26.0 Å². The van der Waals surface area contributed by atoms with E-state index in [0.29, 0.717) is 5.69 Å². The van der Waals surface area contributed by atoms with Gasteiger partial charge < -0.3 is 9.88 Å². The number of amides is 1. The molecule has 2 N–H and O–H groups in total. The number of sulfonamides is 1. The summed E-state index contributed by atoms with van der Waals surface area (Å²) in [6.45, 7) is 2.17. The molecule has 0 spiro atoms. The lowest BCUT2D eigenvalue weighted by atomic mass is 10.2. The number of hydrogen-bond acceptors (Lipinski definition) is 3. The molecule has 6 nitrogen and oxygen atoms in total. The first-order valence-corrected chi connectivity index (χ1v) is 10.7. The Balaban J connectivity index is 1.63. The molecule has 0 aliphatic rings. The van der Waals surface area contributed by atoms with Crippen LogP contribution in [0.25, 0.3) is 10.9 Å². The fraction of sp³-hybridized carbons (Fsp3) is 0.211. The molecule has 0 bridgehead atoms. The highest BCUT2D eigenvalue weighted by molar-refractivity contribution is 9.10. The SMILES string of the molecule is Cc1ccc(S(=O)(=O)NCCNC(=O)c2c(Br)c3ccccc3n2C)cc1. The standard InChI is InChI=1S/C19H20BrN3O3S/c1-13-7-9-14(10-8-13)27(25,26)22-12-11-21-19(24)18-17(20)15-5-3-4-6-16(15)23(18)2/h3-10,22H,11-12H2,1-2H3,(H,21,24). The van der Waals surface area contributed by atoms with Crippen LogP contribution in [0.2, 0.25) is 0 Å². The molecule has 0 unspecified atom stereocenters. The molecule has 3 aromatic rings. The van der Waals surface area contributed by atoms with E-state index in [1.54, 1.807) is 24.3 Å². The molecule has 1 heterocycles. The van der Waals surface area contributed by atoms with Gasteiger partial charge in [-0.3, -0.25) is 4.79 Å². The molecule has 0 aliphatic heterocycles. The number of hydrogen-bond donors (Lipinski definition) is 2. The van der Waals surface area contributed by atoms with E-state index in [0.717, 1.165) is 20.9 Å². The number of aryl methyl sites for hydroxylation is 2. The first-order chi connectivity index (χ1) is 12.8. The van der Waals surface area contributed by atoms with E-state index in [9.17, 15) is 13.2 Å². The Kier molecular flexibility index (Phi) is 5.69. The van der Waals surface area contributed by atoms with Gasteiger partial charge in [0.1, 0.15) is 5.69 Å². The molecule has 0 radical (unpaired) electrons. The predicted octanol–water partition coefficient (Wildman–Crippen LogP) is 2.96. The molecule has 1 aromatic heterocycles. The van der Waals surface area contributed by atoms with Crippen molar-refractivity contribution in [1.82, 2.24) is 14.6 Å². The van der Waals surface area contributed by atoms with Crippen LogP contribution < -0.4 is 10.0 Å². The van der Waals surface area contributed by atoms with Crippen molar-refractivity contribution in [2.45, 2.75) is 11.8 Å². The quantitative estimate of drug-likeness (QED) is 0.567. The highest BCUT2D eigenvalue weighted by atomic mass is 79.9. The molecular weight excluding hydrogens is 430 g/mol. The minimum atomic E-state index is -3.59. The third-order valence-corrected chi connectivity index (χ3v) is 6.57. The summed E-state index contributed by atoms with van der Waals surface area (Å²) < 4.78 is 29.5. The summed E-state index contributed by atoms with van der Waals surface area (Å²) in [4.78, 5) is 12.8. The number of aromatic nitrogens is 1. The van der Waals surface area contributed by atoms with Crippen LogP contribution in [0.3, 0.4) is 0 Å². The summed E-state index contributed by atoms with van der Waals surface area (Å²) in [5.41, 5.74) is 2.42. The summed E-state index contributed by atoms with van der Waals surface area (Å²) in [7, 11) is -1.77. The number of nitrogens with one attached hydrogen (secondary N) is 2. The van der Waals surface area contributed by atoms with Crippen molar-refractivity contribution in [2.75, 3.05) is 13.1 Å². The monoisotopic (exact) mass is 449 g/mol. The van der Waals surface area contributed by atoms with Crippen molar-refractivity contribution in [1.29, 1.82) is 0 Å². The van der Waals surface area contributed by atoms with Crippen LogP contribution in [0, 0.1) is 6.92 Å². The number of fused-ring (bicyclic) bond motifs is 1. The number of nitrogens with zero attached hydrogens (tertiary/aromatic N) is 1. The number of benzene rings is 2. The molecule has 0 saturated carbocycles. The largest absolute Gasteiger partial charge is 0.349 e. The van der Waals surface area contributed by atoms with E-state index in [4.69, 9.17) is 0 Å². The van der Waals surface area contributed by atoms with Gasteiger partial charge in [-0.15, -0.1) is 0 Å². The highest BCUT2D eigenvalue weighted by Gasteiger charge is 2.19. The summed E-state index contributed by atoms with van der Waals surface area (Å²) in [6.07, 6.45) is 0. The van der Waals surface area contributed by atoms with Gasteiger partial charge in [0.15, 0.2) is 0 Å². The fourth-order valence-electron chi connectivity index (χ4n) is 2.84. The topological polar surface area (TPSA) is 80.2 Å². The van der Waals surface area contributed by atoms with Gasteiger partial charge in [0.2, 0.25) is 10.0 Å². The molecule has 3 rings (SSSR count). The normalized spacial score (nSPS) is 11.7. The zero-order valence-electron chi connectivity index (χ0n) is 15.0. The lowest BCUT2D eigenvalue weighted by Crippen LogP contribution is -2.35. The third kappa shape index (κ3) is 4.07. The van der Waals surface area contributed by atoms with Crippen molar-refractivity contribution in [3.8, 4) is 0 Å². The lowest BCUT2D eigenvalue weighted by Gasteiger charge is -2.09. The second-order valence-corrected chi connectivity index (χ2v) is 8.77. The maximum atomic E-state index is 12.5. The Hall–Kier alpha value is -2.16. The zero-order chi connectivity index (χ0) is 19.6. The maximum absolute atomic E-state index is 12.5. The minimum Gasteiger partial charge on any atom is -0.349 e. The summed E-state index contributed by atoms with van der Waals surface area (Å²) in [5, 5.41) is 3.71. The minimum absolute atomic E-state index is 0.101. The molecule has 27 heavy (non-hydrogen) atoms. The van der Waals surface area contributed by atoms with Crippen LogP contribution in [0.5, 0.6) is 0 Å². The van der Waals surface area contributed by atoms with Gasteiger partial charge >= 0.3 is 0 Å². The van der Waals surface area contributed by atoms with Gasteiger partial charge in [0, 0.05) is 31.0 Å². The molecule has 0 atom stereocenters. The van der Waals surface area contributed by atoms with Crippen LogP contribution in [-0.2, 0) is 17.1 Å². The van der Waals surface area contributed by atoms with Gasteiger partial charge in [-0.25, -0.2) is 13.1 Å². The summed E-state index contributed by atoms with van der Waals surface area (Å²) in [6, 6.07) is 14.3. The van der Waals surface area contributed by atoms with Gasteiger partial charge in [0.05, 0.1) is 9.37 Å². The molecule has 0 aliphatic carbocycles. The first kappa shape index (κ1) is 19.6. The Morgan fingerprint density at radius 2 is 1.74 bits per heavy atom. The molecular formula is C19H20BrN3O3S. The Bertz CT molecular complexity index is 1050. The average molecular weight is 450 g/mol. The molecule has 0 saturated heterocycles. The Morgan fingerprint density at radius 3 is 2.41 bits per heavy atom. The number of para-hydroxylation sites is 1. The lowest BCUT2D eigenvalue weighted by molar-refractivity contribution is 0.0946. The molecule has 142 valence electrons.